The van der Waals surface area contributed by atoms with Crippen molar-refractivity contribution in [2.45, 2.75) is 12.6 Å². The second-order valence-electron chi connectivity index (χ2n) is 5.89. The topological polar surface area (TPSA) is 49.3 Å². The van der Waals surface area contributed by atoms with Gasteiger partial charge in [0.05, 0.1) is 19.8 Å². The predicted octanol–water partition coefficient (Wildman–Crippen LogP) is 1.65. The summed E-state index contributed by atoms with van der Waals surface area (Å²) in [5.41, 5.74) is 1.21. The van der Waals surface area contributed by atoms with Crippen LogP contribution in [-0.4, -0.2) is 76.4 Å². The van der Waals surface area contributed by atoms with Crippen molar-refractivity contribution in [3.05, 3.63) is 29.8 Å². The van der Waals surface area contributed by atoms with E-state index in [9.17, 15) is 0 Å². The number of benzene rings is 1. The maximum absolute atomic E-state index is 5.78. The first-order valence-corrected chi connectivity index (χ1v) is 7.97. The fraction of sp³-hybridized carbons (Fsp3) is 0.588. The normalized spacial score (nSPS) is 18.7. The second kappa shape index (κ2) is 10.7. The monoisotopic (exact) mass is 448 g/mol. The maximum atomic E-state index is 5.78. The molecule has 1 aromatic carbocycles. The van der Waals surface area contributed by atoms with Crippen LogP contribution in [0.1, 0.15) is 5.56 Å². The Morgan fingerprint density at radius 3 is 2.71 bits per heavy atom. The third-order valence-corrected chi connectivity index (χ3v) is 3.98. The van der Waals surface area contributed by atoms with Crippen LogP contribution in [0.4, 0.5) is 0 Å². The Hall–Kier alpha value is -1.06. The number of ether oxygens (including phenoxy) is 2. The molecule has 1 unspecified atom stereocenters. The van der Waals surface area contributed by atoms with E-state index in [4.69, 9.17) is 9.47 Å². The van der Waals surface area contributed by atoms with Gasteiger partial charge >= 0.3 is 0 Å². The van der Waals surface area contributed by atoms with Gasteiger partial charge in [0.2, 0.25) is 0 Å². The van der Waals surface area contributed by atoms with E-state index in [0.29, 0.717) is 0 Å². The smallest absolute Gasteiger partial charge is 0.193 e. The number of hydrogen-bond donors (Lipinski definition) is 1. The summed E-state index contributed by atoms with van der Waals surface area (Å²) in [6, 6.07) is 8.10. The number of nitrogens with one attached hydrogen (secondary N) is 1. The molecule has 0 saturated carbocycles. The van der Waals surface area contributed by atoms with Crippen LogP contribution < -0.4 is 10.1 Å². The summed E-state index contributed by atoms with van der Waals surface area (Å²) >= 11 is 0. The van der Waals surface area contributed by atoms with Gasteiger partial charge in [-0.2, -0.15) is 0 Å². The number of morpholine rings is 1. The molecule has 0 amide bonds. The summed E-state index contributed by atoms with van der Waals surface area (Å²) in [5, 5.41) is 3.40. The molecule has 2 rings (SSSR count). The lowest BCUT2D eigenvalue weighted by molar-refractivity contribution is -0.0163. The van der Waals surface area contributed by atoms with E-state index < -0.39 is 0 Å². The van der Waals surface area contributed by atoms with Gasteiger partial charge in [-0.25, -0.2) is 0 Å². The minimum absolute atomic E-state index is 0. The van der Waals surface area contributed by atoms with Gasteiger partial charge in [-0.1, -0.05) is 12.1 Å². The first-order chi connectivity index (χ1) is 11.1. The Bertz CT molecular complexity index is 510. The molecular formula is C17H29IN4O2. The zero-order valence-corrected chi connectivity index (χ0v) is 17.3. The van der Waals surface area contributed by atoms with Gasteiger partial charge in [0.15, 0.2) is 5.96 Å². The lowest BCUT2D eigenvalue weighted by Gasteiger charge is -2.31. The molecule has 6 nitrogen and oxygen atoms in total. The molecule has 136 valence electrons. The van der Waals surface area contributed by atoms with Gasteiger partial charge in [-0.05, 0) is 24.7 Å². The van der Waals surface area contributed by atoms with Crippen molar-refractivity contribution in [2.24, 2.45) is 4.99 Å². The van der Waals surface area contributed by atoms with Crippen molar-refractivity contribution < 1.29 is 9.47 Å². The third-order valence-electron chi connectivity index (χ3n) is 3.98. The highest BCUT2D eigenvalue weighted by Crippen LogP contribution is 2.12. The largest absolute Gasteiger partial charge is 0.497 e. The molecule has 0 bridgehead atoms. The molecule has 1 atom stereocenters. The van der Waals surface area contributed by atoms with Crippen LogP contribution in [0, 0.1) is 0 Å². The van der Waals surface area contributed by atoms with Crippen LogP contribution in [0.3, 0.4) is 0 Å². The van der Waals surface area contributed by atoms with Crippen LogP contribution in [0.2, 0.25) is 0 Å². The summed E-state index contributed by atoms with van der Waals surface area (Å²) in [5.74, 6) is 1.75. The number of rotatable bonds is 5. The van der Waals surface area contributed by atoms with E-state index in [1.165, 1.54) is 5.56 Å². The highest BCUT2D eigenvalue weighted by molar-refractivity contribution is 14.0. The van der Waals surface area contributed by atoms with Gasteiger partial charge in [0, 0.05) is 40.3 Å². The number of guanidine groups is 1. The van der Waals surface area contributed by atoms with E-state index in [-0.39, 0.29) is 30.1 Å². The summed E-state index contributed by atoms with van der Waals surface area (Å²) in [7, 11) is 7.64. The van der Waals surface area contributed by atoms with Crippen LogP contribution in [0.25, 0.3) is 0 Å². The molecule has 7 heteroatoms. The average molecular weight is 448 g/mol. The minimum atomic E-state index is 0. The van der Waals surface area contributed by atoms with Crippen LogP contribution >= 0.6 is 24.0 Å². The zero-order chi connectivity index (χ0) is 16.7. The molecule has 0 aromatic heterocycles. The predicted molar refractivity (Wildman–Crippen MR) is 108 cm³/mol. The van der Waals surface area contributed by atoms with Gasteiger partial charge in [-0.15, -0.1) is 24.0 Å². The first-order valence-electron chi connectivity index (χ1n) is 7.97. The summed E-state index contributed by atoms with van der Waals surface area (Å²) in [6.07, 6.45) is 0.208. The van der Waals surface area contributed by atoms with E-state index in [1.54, 1.807) is 14.2 Å². The first kappa shape index (κ1) is 21.0. The Balaban J connectivity index is 0.00000288. The van der Waals surface area contributed by atoms with Gasteiger partial charge in [0.1, 0.15) is 5.75 Å². The van der Waals surface area contributed by atoms with Crippen LogP contribution in [0.5, 0.6) is 5.75 Å². The number of likely N-dealkylation sites (N-methyl/N-ethyl adjacent to an activating group) is 1. The molecule has 1 heterocycles. The Labute approximate surface area is 162 Å². The number of halogens is 1. The minimum Gasteiger partial charge on any atom is -0.497 e. The molecule has 24 heavy (non-hydrogen) atoms. The third kappa shape index (κ3) is 6.45. The highest BCUT2D eigenvalue weighted by atomic mass is 127. The van der Waals surface area contributed by atoms with E-state index in [2.05, 4.69) is 39.3 Å². The van der Waals surface area contributed by atoms with Gasteiger partial charge in [0.25, 0.3) is 0 Å². The van der Waals surface area contributed by atoms with Crippen molar-refractivity contribution in [3.63, 3.8) is 0 Å². The number of aliphatic imine (C=N–C) groups is 1. The van der Waals surface area contributed by atoms with Crippen molar-refractivity contribution in [3.8, 4) is 5.75 Å². The lowest BCUT2D eigenvalue weighted by atomic mass is 10.2. The van der Waals surface area contributed by atoms with E-state index in [1.807, 2.05) is 19.2 Å². The SMILES string of the molecule is CN=C(NCC1CN(C)CCO1)N(C)Cc1ccc(OC)cc1.I. The standard InChI is InChI=1S/C17H28N4O2.HI/c1-18-17(19-11-16-13-20(2)9-10-23-16)21(3)12-14-5-7-15(22-4)8-6-14;/h5-8,16H,9-13H2,1-4H3,(H,18,19);1H. The molecule has 1 saturated heterocycles. The van der Waals surface area contributed by atoms with Gasteiger partial charge in [-0.3, -0.25) is 4.99 Å². The van der Waals surface area contributed by atoms with Crippen molar-refractivity contribution in [2.75, 3.05) is 54.5 Å². The molecule has 1 aromatic rings. The second-order valence-corrected chi connectivity index (χ2v) is 5.89. The number of hydrogen-bond acceptors (Lipinski definition) is 4. The maximum Gasteiger partial charge on any atom is 0.193 e. The summed E-state index contributed by atoms with van der Waals surface area (Å²) in [6.45, 7) is 4.30. The van der Waals surface area contributed by atoms with Crippen molar-refractivity contribution in [1.82, 2.24) is 15.1 Å². The Morgan fingerprint density at radius 2 is 2.12 bits per heavy atom. The molecule has 1 N–H and O–H groups in total. The number of nitrogens with zero attached hydrogens (tertiary/aromatic N) is 3. The zero-order valence-electron chi connectivity index (χ0n) is 15.0. The fourth-order valence-electron chi connectivity index (χ4n) is 2.66. The molecule has 0 aliphatic carbocycles. The summed E-state index contributed by atoms with van der Waals surface area (Å²) in [4.78, 5) is 8.76. The Morgan fingerprint density at radius 1 is 1.42 bits per heavy atom. The molecule has 0 radical (unpaired) electrons. The van der Waals surface area contributed by atoms with Crippen LogP contribution in [-0.2, 0) is 11.3 Å². The van der Waals surface area contributed by atoms with Crippen LogP contribution in [0.15, 0.2) is 29.3 Å². The average Bonchev–Trinajstić information content (AvgIpc) is 2.56. The van der Waals surface area contributed by atoms with Crippen molar-refractivity contribution >= 4 is 29.9 Å². The highest BCUT2D eigenvalue weighted by Gasteiger charge is 2.18. The number of methoxy groups -OCH3 is 1. The molecule has 1 fully saturated rings. The quantitative estimate of drug-likeness (QED) is 0.422. The van der Waals surface area contributed by atoms with Gasteiger partial charge < -0.3 is 24.6 Å². The molecule has 0 spiro atoms. The molecular weight excluding hydrogens is 419 g/mol. The van der Waals surface area contributed by atoms with E-state index >= 15 is 0 Å². The summed E-state index contributed by atoms with van der Waals surface area (Å²) < 4.78 is 11.0. The molecule has 1 aliphatic heterocycles. The fourth-order valence-corrected chi connectivity index (χ4v) is 2.66. The molecule has 1 aliphatic rings. The lowest BCUT2D eigenvalue weighted by Crippen LogP contribution is -2.48. The Kier molecular flexibility index (Phi) is 9.38. The van der Waals surface area contributed by atoms with E-state index in [0.717, 1.165) is 44.5 Å². The van der Waals surface area contributed by atoms with Crippen molar-refractivity contribution in [1.29, 1.82) is 0 Å².